The SMILES string of the molecule is COc1c(C[C@@H]2C(=O)N3[C@@H](COCc4ccccc4)c4c(c(OC)c(C)c(OC)c4OCc4ccccc4)C[C@H]3[C@@H](Sc3ccccc3)N2C(=O)OC(C)(C)C)cc(OC(c2ccccc2)(c2ccccc2)c2ccccc2)c(OC)c1C. The molecule has 10 rings (SSSR count). The van der Waals surface area contributed by atoms with Crippen molar-refractivity contribution in [3.8, 4) is 34.5 Å². The first-order valence-corrected chi connectivity index (χ1v) is 28.9. The van der Waals surface area contributed by atoms with Crippen LogP contribution in [-0.4, -0.2) is 79.9 Å². The molecule has 0 radical (unpaired) electrons. The Morgan fingerprint density at radius 1 is 0.578 bits per heavy atom. The van der Waals surface area contributed by atoms with Crippen LogP contribution in [0.15, 0.2) is 193 Å². The summed E-state index contributed by atoms with van der Waals surface area (Å²) in [4.78, 5) is 37.0. The van der Waals surface area contributed by atoms with Crippen LogP contribution in [0.1, 0.15) is 82.4 Å². The van der Waals surface area contributed by atoms with Gasteiger partial charge < -0.3 is 42.8 Å². The summed E-state index contributed by atoms with van der Waals surface area (Å²) in [6, 6.07) is 59.4. The normalized spacial score (nSPS) is 16.8. The van der Waals surface area contributed by atoms with Crippen LogP contribution in [0.25, 0.3) is 0 Å². The molecule has 2 aliphatic heterocycles. The molecule has 0 N–H and O–H groups in total. The Labute approximate surface area is 492 Å². The van der Waals surface area contributed by atoms with E-state index in [1.165, 1.54) is 11.8 Å². The largest absolute Gasteiger partial charge is 0.496 e. The van der Waals surface area contributed by atoms with Gasteiger partial charge in [0.15, 0.2) is 28.6 Å². The van der Waals surface area contributed by atoms with Gasteiger partial charge in [-0.15, -0.1) is 0 Å². The van der Waals surface area contributed by atoms with E-state index in [2.05, 4.69) is 36.4 Å². The average molecular weight is 1130 g/mol. The molecule has 83 heavy (non-hydrogen) atoms. The molecule has 8 aromatic rings. The summed E-state index contributed by atoms with van der Waals surface area (Å²) in [5, 5.41) is -0.747. The number of carbonyl (C=O) groups is 2. The van der Waals surface area contributed by atoms with E-state index in [4.69, 9.17) is 37.9 Å². The zero-order chi connectivity index (χ0) is 58.3. The first-order chi connectivity index (χ1) is 40.3. The summed E-state index contributed by atoms with van der Waals surface area (Å²) in [5.74, 6) is 2.54. The predicted molar refractivity (Wildman–Crippen MR) is 324 cm³/mol. The minimum absolute atomic E-state index is 0.0329. The molecule has 13 heteroatoms. The Kier molecular flexibility index (Phi) is 17.7. The first-order valence-electron chi connectivity index (χ1n) is 28.0. The van der Waals surface area contributed by atoms with Gasteiger partial charge >= 0.3 is 6.09 Å². The van der Waals surface area contributed by atoms with Gasteiger partial charge in [0.25, 0.3) is 0 Å². The second kappa shape index (κ2) is 25.4. The van der Waals surface area contributed by atoms with Gasteiger partial charge in [0.05, 0.1) is 53.7 Å². The van der Waals surface area contributed by atoms with Crippen LogP contribution in [-0.2, 0) is 45.9 Å². The number of methoxy groups -OCH3 is 4. The number of benzene rings is 8. The lowest BCUT2D eigenvalue weighted by Gasteiger charge is -2.55. The quantitative estimate of drug-likeness (QED) is 0.0680. The van der Waals surface area contributed by atoms with Crippen molar-refractivity contribution in [3.63, 3.8) is 0 Å². The van der Waals surface area contributed by atoms with Gasteiger partial charge in [-0.2, -0.15) is 0 Å². The smallest absolute Gasteiger partial charge is 0.411 e. The highest BCUT2D eigenvalue weighted by Crippen LogP contribution is 2.55. The van der Waals surface area contributed by atoms with Gasteiger partial charge in [-0.3, -0.25) is 9.69 Å². The molecule has 0 bridgehead atoms. The number of nitrogens with zero attached hydrogens (tertiary/aromatic N) is 2. The molecule has 1 fully saturated rings. The van der Waals surface area contributed by atoms with Crippen molar-refractivity contribution in [2.24, 2.45) is 0 Å². The molecule has 2 amide bonds. The van der Waals surface area contributed by atoms with Crippen LogP contribution in [0, 0.1) is 13.8 Å². The van der Waals surface area contributed by atoms with Crippen molar-refractivity contribution < 1.29 is 47.5 Å². The maximum absolute atomic E-state index is 16.9. The fourth-order valence-corrected chi connectivity index (χ4v) is 13.2. The van der Waals surface area contributed by atoms with Crippen LogP contribution >= 0.6 is 11.8 Å². The fraction of sp³-hybridized carbons (Fsp3) is 0.286. The van der Waals surface area contributed by atoms with Crippen molar-refractivity contribution in [2.45, 2.75) is 100 Å². The molecule has 0 saturated carbocycles. The Morgan fingerprint density at radius 2 is 1.06 bits per heavy atom. The number of thioether (sulfide) groups is 1. The number of piperazine rings is 1. The number of rotatable bonds is 20. The van der Waals surface area contributed by atoms with Crippen LogP contribution < -0.4 is 28.4 Å². The fourth-order valence-electron chi connectivity index (χ4n) is 11.9. The first kappa shape index (κ1) is 57.8. The second-order valence-electron chi connectivity index (χ2n) is 21.8. The lowest BCUT2D eigenvalue weighted by molar-refractivity contribution is -0.154. The Bertz CT molecular complexity index is 3400. The van der Waals surface area contributed by atoms with Crippen molar-refractivity contribution in [1.29, 1.82) is 0 Å². The summed E-state index contributed by atoms with van der Waals surface area (Å²) in [6.07, 6.45) is -0.408. The summed E-state index contributed by atoms with van der Waals surface area (Å²) < 4.78 is 53.2. The minimum atomic E-state index is -1.21. The summed E-state index contributed by atoms with van der Waals surface area (Å²) >= 11 is 1.50. The molecule has 4 atom stereocenters. The second-order valence-corrected chi connectivity index (χ2v) is 22.9. The van der Waals surface area contributed by atoms with Gasteiger partial charge in [-0.1, -0.05) is 182 Å². The van der Waals surface area contributed by atoms with E-state index in [9.17, 15) is 0 Å². The third kappa shape index (κ3) is 11.8. The molecule has 2 aliphatic rings. The zero-order valence-corrected chi connectivity index (χ0v) is 49.4. The van der Waals surface area contributed by atoms with E-state index in [1.54, 1.807) is 33.3 Å². The van der Waals surface area contributed by atoms with Crippen molar-refractivity contribution in [3.05, 3.63) is 244 Å². The summed E-state index contributed by atoms with van der Waals surface area (Å²) in [6.45, 7) is 9.91. The summed E-state index contributed by atoms with van der Waals surface area (Å²) in [5.41, 5.74) is 5.89. The third-order valence-corrected chi connectivity index (χ3v) is 16.7. The standard InChI is InChI=1S/C70H72N2O10S/c1-46-61(75-6)50(41-59(63(46)77-8)81-70(51-32-20-12-21-33-51,52-34-22-13-23-35-52)53-36-24-14-25-37-53)40-56-66(73)71-57(67(83-54-38-26-15-27-39-54)72(56)68(74)82-69(3,4)5)42-55-60(58(71)45-79-43-48-28-16-10-17-29-48)65(64(78-9)47(2)62(55)76-7)80-44-49-30-18-11-19-31-49/h10-39,41,56-58,67H,40,42-45H2,1-9H3/t56-,57+,58+,67-/m1/s1. The van der Waals surface area contributed by atoms with E-state index in [0.717, 1.165) is 43.8 Å². The molecular formula is C70H72N2O10S. The summed E-state index contributed by atoms with van der Waals surface area (Å²) in [7, 11) is 6.49. The van der Waals surface area contributed by atoms with Gasteiger partial charge in [-0.05, 0) is 70.4 Å². The topological polar surface area (TPSA) is 114 Å². The molecule has 0 aliphatic carbocycles. The highest BCUT2D eigenvalue weighted by atomic mass is 32.2. The Hall–Kier alpha value is -8.39. The lowest BCUT2D eigenvalue weighted by Crippen LogP contribution is -2.70. The number of carbonyl (C=O) groups excluding carboxylic acids is 2. The highest BCUT2D eigenvalue weighted by Gasteiger charge is 2.56. The van der Waals surface area contributed by atoms with Crippen LogP contribution in [0.5, 0.6) is 34.5 Å². The number of amides is 2. The molecule has 0 spiro atoms. The van der Waals surface area contributed by atoms with Crippen molar-refractivity contribution >= 4 is 23.8 Å². The zero-order valence-electron chi connectivity index (χ0n) is 48.6. The van der Waals surface area contributed by atoms with E-state index >= 15 is 9.59 Å². The van der Waals surface area contributed by atoms with Gasteiger partial charge in [0, 0.05) is 55.8 Å². The number of fused-ring (bicyclic) bond motifs is 2. The average Bonchev–Trinajstić information content (AvgIpc) is 3.17. The number of hydrogen-bond donors (Lipinski definition) is 0. The van der Waals surface area contributed by atoms with E-state index in [0.29, 0.717) is 51.2 Å². The van der Waals surface area contributed by atoms with Crippen molar-refractivity contribution in [2.75, 3.05) is 35.0 Å². The predicted octanol–water partition coefficient (Wildman–Crippen LogP) is 14.3. The monoisotopic (exact) mass is 1130 g/mol. The van der Waals surface area contributed by atoms with Crippen LogP contribution in [0.2, 0.25) is 0 Å². The third-order valence-electron chi connectivity index (χ3n) is 15.4. The van der Waals surface area contributed by atoms with Gasteiger partial charge in [0.1, 0.15) is 35.1 Å². The van der Waals surface area contributed by atoms with E-state index < -0.39 is 40.8 Å². The van der Waals surface area contributed by atoms with E-state index in [-0.39, 0.29) is 38.6 Å². The minimum Gasteiger partial charge on any atom is -0.496 e. The van der Waals surface area contributed by atoms with Crippen LogP contribution in [0.4, 0.5) is 4.79 Å². The Morgan fingerprint density at radius 3 is 1.57 bits per heavy atom. The molecular weight excluding hydrogens is 1060 g/mol. The Balaban J connectivity index is 1.20. The molecule has 8 aromatic carbocycles. The highest BCUT2D eigenvalue weighted by molar-refractivity contribution is 8.00. The molecule has 0 unspecified atom stereocenters. The molecule has 12 nitrogen and oxygen atoms in total. The van der Waals surface area contributed by atoms with Crippen molar-refractivity contribution in [1.82, 2.24) is 9.80 Å². The number of hydrogen-bond acceptors (Lipinski definition) is 11. The van der Waals surface area contributed by atoms with Gasteiger partial charge in [0.2, 0.25) is 5.91 Å². The molecule has 2 heterocycles. The van der Waals surface area contributed by atoms with Crippen LogP contribution in [0.3, 0.4) is 0 Å². The molecule has 0 aromatic heterocycles. The maximum Gasteiger partial charge on any atom is 0.411 e. The molecule has 428 valence electrons. The van der Waals surface area contributed by atoms with Gasteiger partial charge in [-0.25, -0.2) is 4.79 Å². The maximum atomic E-state index is 16.9. The lowest BCUT2D eigenvalue weighted by atomic mass is 9.80. The molecule has 1 saturated heterocycles. The van der Waals surface area contributed by atoms with E-state index in [1.807, 2.05) is 191 Å². The number of ether oxygens (including phenoxy) is 8.